The molecule has 0 aromatic carbocycles. The first-order chi connectivity index (χ1) is 16.2. The number of unbranched alkanes of at least 4 members (excludes halogenated alkanes) is 1. The van der Waals surface area contributed by atoms with Gasteiger partial charge in [0.1, 0.15) is 18.1 Å². The van der Waals surface area contributed by atoms with Gasteiger partial charge in [0.05, 0.1) is 19.0 Å². The molecule has 10 N–H and O–H groups in total. The van der Waals surface area contributed by atoms with Gasteiger partial charge in [-0.15, -0.1) is 0 Å². The van der Waals surface area contributed by atoms with Gasteiger partial charge in [0, 0.05) is 18.3 Å². The third-order valence-electron chi connectivity index (χ3n) is 4.96. The number of carbonyl (C=O) groups excluding carboxylic acids is 3. The van der Waals surface area contributed by atoms with E-state index in [1.165, 1.54) is 24.3 Å². The number of hydrogen-bond donors (Lipinski definition) is 8. The summed E-state index contributed by atoms with van der Waals surface area (Å²) in [6.45, 7) is -0.323. The highest BCUT2D eigenvalue weighted by molar-refractivity contribution is 7.98. The molecular weight excluding hydrogens is 466 g/mol. The van der Waals surface area contributed by atoms with E-state index >= 15 is 0 Å². The van der Waals surface area contributed by atoms with Crippen molar-refractivity contribution < 1.29 is 29.4 Å². The van der Waals surface area contributed by atoms with Crippen LogP contribution in [0, 0.1) is 0 Å². The Morgan fingerprint density at radius 2 is 1.71 bits per heavy atom. The van der Waals surface area contributed by atoms with Crippen LogP contribution in [0.5, 0.6) is 0 Å². The second-order valence-corrected chi connectivity index (χ2v) is 8.64. The van der Waals surface area contributed by atoms with Crippen molar-refractivity contribution in [3.05, 3.63) is 18.2 Å². The standard InChI is InChI=1S/C20H35N7O6S/c1-34-7-5-13(22)17(29)27-16(10-28)19(31)26-15(8-12-9-23-11-24-12)18(30)25-14(20(32)33)4-2-3-6-21/h9,11,13-16,28H,2-8,10,21-22H2,1H3,(H,23,24)(H,25,30)(H,26,31)(H,27,29)(H,32,33). The maximum atomic E-state index is 12.9. The summed E-state index contributed by atoms with van der Waals surface area (Å²) in [7, 11) is 0. The molecule has 34 heavy (non-hydrogen) atoms. The number of nitrogens with zero attached hydrogens (tertiary/aromatic N) is 1. The van der Waals surface area contributed by atoms with Crippen LogP contribution in [0.25, 0.3) is 0 Å². The van der Waals surface area contributed by atoms with E-state index in [1.807, 2.05) is 6.26 Å². The van der Waals surface area contributed by atoms with Crippen LogP contribution >= 0.6 is 11.8 Å². The third kappa shape index (κ3) is 10.5. The number of imidazole rings is 1. The van der Waals surface area contributed by atoms with Gasteiger partial charge in [-0.05, 0) is 44.2 Å². The van der Waals surface area contributed by atoms with Crippen LogP contribution in [0.15, 0.2) is 12.5 Å². The molecule has 0 saturated carbocycles. The van der Waals surface area contributed by atoms with Crippen LogP contribution in [0.2, 0.25) is 0 Å². The van der Waals surface area contributed by atoms with E-state index in [-0.39, 0.29) is 12.8 Å². The van der Waals surface area contributed by atoms with Crippen molar-refractivity contribution in [3.63, 3.8) is 0 Å². The fourth-order valence-electron chi connectivity index (χ4n) is 2.97. The van der Waals surface area contributed by atoms with E-state index in [4.69, 9.17) is 11.5 Å². The van der Waals surface area contributed by atoms with Gasteiger partial charge >= 0.3 is 5.97 Å². The Labute approximate surface area is 202 Å². The Bertz CT molecular complexity index is 779. The zero-order valence-corrected chi connectivity index (χ0v) is 20.0. The number of rotatable bonds is 17. The molecule has 0 saturated heterocycles. The Morgan fingerprint density at radius 3 is 2.26 bits per heavy atom. The zero-order chi connectivity index (χ0) is 25.5. The van der Waals surface area contributed by atoms with Crippen LogP contribution < -0.4 is 27.4 Å². The summed E-state index contributed by atoms with van der Waals surface area (Å²) in [6, 6.07) is -4.56. The molecule has 13 nitrogen and oxygen atoms in total. The molecule has 0 fully saturated rings. The van der Waals surface area contributed by atoms with Crippen molar-refractivity contribution in [1.29, 1.82) is 0 Å². The molecule has 1 aromatic rings. The lowest BCUT2D eigenvalue weighted by molar-refractivity contribution is -0.142. The first kappa shape index (κ1) is 29.4. The van der Waals surface area contributed by atoms with E-state index < -0.39 is 54.5 Å². The minimum atomic E-state index is -1.34. The largest absolute Gasteiger partial charge is 0.480 e. The molecule has 3 amide bonds. The summed E-state index contributed by atoms with van der Waals surface area (Å²) in [5.74, 6) is -2.72. The number of aliphatic carboxylic acids is 1. The summed E-state index contributed by atoms with van der Waals surface area (Å²) < 4.78 is 0. The first-order valence-electron chi connectivity index (χ1n) is 10.9. The van der Waals surface area contributed by atoms with E-state index in [9.17, 15) is 29.4 Å². The van der Waals surface area contributed by atoms with Gasteiger partial charge in [-0.2, -0.15) is 11.8 Å². The predicted molar refractivity (Wildman–Crippen MR) is 127 cm³/mol. The molecule has 14 heteroatoms. The van der Waals surface area contributed by atoms with Crippen LogP contribution in [-0.2, 0) is 25.6 Å². The number of nitrogens with one attached hydrogen (secondary N) is 4. The number of thioether (sulfide) groups is 1. The maximum absolute atomic E-state index is 12.9. The molecule has 4 unspecified atom stereocenters. The first-order valence-corrected chi connectivity index (χ1v) is 12.3. The third-order valence-corrected chi connectivity index (χ3v) is 5.60. The fraction of sp³-hybridized carbons (Fsp3) is 0.650. The molecule has 1 heterocycles. The number of amides is 3. The van der Waals surface area contributed by atoms with Gasteiger partial charge < -0.3 is 42.6 Å². The predicted octanol–water partition coefficient (Wildman–Crippen LogP) is -2.31. The van der Waals surface area contributed by atoms with Crippen molar-refractivity contribution in [2.24, 2.45) is 11.5 Å². The lowest BCUT2D eigenvalue weighted by Crippen LogP contribution is -2.58. The molecule has 0 bridgehead atoms. The molecule has 0 radical (unpaired) electrons. The van der Waals surface area contributed by atoms with Gasteiger partial charge in [0.15, 0.2) is 0 Å². The van der Waals surface area contributed by atoms with Crippen molar-refractivity contribution >= 4 is 35.5 Å². The van der Waals surface area contributed by atoms with Gasteiger partial charge in [0.2, 0.25) is 17.7 Å². The molecule has 0 aliphatic rings. The van der Waals surface area contributed by atoms with Crippen LogP contribution in [0.1, 0.15) is 31.4 Å². The van der Waals surface area contributed by atoms with Gasteiger partial charge in [-0.25, -0.2) is 9.78 Å². The number of H-pyrrole nitrogens is 1. The molecule has 192 valence electrons. The Balaban J connectivity index is 2.89. The van der Waals surface area contributed by atoms with E-state index in [1.54, 1.807) is 0 Å². The SMILES string of the molecule is CSCCC(N)C(=O)NC(CO)C(=O)NC(Cc1cnc[nH]1)C(=O)NC(CCCCN)C(=O)O. The highest BCUT2D eigenvalue weighted by Gasteiger charge is 2.30. The van der Waals surface area contributed by atoms with Crippen LogP contribution in [-0.4, -0.2) is 93.2 Å². The fourth-order valence-corrected chi connectivity index (χ4v) is 3.46. The molecule has 1 aromatic heterocycles. The highest BCUT2D eigenvalue weighted by atomic mass is 32.2. The van der Waals surface area contributed by atoms with E-state index in [0.29, 0.717) is 37.3 Å². The Kier molecular flexibility index (Phi) is 13.8. The number of aromatic amines is 1. The van der Waals surface area contributed by atoms with Crippen molar-refractivity contribution in [1.82, 2.24) is 25.9 Å². The molecule has 4 atom stereocenters. The average molecular weight is 502 g/mol. The number of nitrogens with two attached hydrogens (primary N) is 2. The number of aromatic nitrogens is 2. The number of aliphatic hydroxyl groups is 1. The maximum Gasteiger partial charge on any atom is 0.326 e. The second-order valence-electron chi connectivity index (χ2n) is 7.66. The number of aliphatic hydroxyl groups excluding tert-OH is 1. The summed E-state index contributed by atoms with van der Waals surface area (Å²) in [5.41, 5.74) is 11.8. The highest BCUT2D eigenvalue weighted by Crippen LogP contribution is 2.05. The molecule has 0 aliphatic heterocycles. The molecule has 0 spiro atoms. The van der Waals surface area contributed by atoms with Crippen molar-refractivity contribution in [2.45, 2.75) is 56.3 Å². The monoisotopic (exact) mass is 501 g/mol. The number of carbonyl (C=O) groups is 4. The quantitative estimate of drug-likeness (QED) is 0.106. The van der Waals surface area contributed by atoms with Gasteiger partial charge in [-0.1, -0.05) is 0 Å². The zero-order valence-electron chi connectivity index (χ0n) is 19.2. The number of hydrogen-bond acceptors (Lipinski definition) is 9. The minimum Gasteiger partial charge on any atom is -0.480 e. The summed E-state index contributed by atoms with van der Waals surface area (Å²) in [4.78, 5) is 56.1. The van der Waals surface area contributed by atoms with Crippen molar-refractivity contribution in [3.8, 4) is 0 Å². The summed E-state index contributed by atoms with van der Waals surface area (Å²) >= 11 is 1.52. The van der Waals surface area contributed by atoms with Gasteiger partial charge in [-0.3, -0.25) is 14.4 Å². The van der Waals surface area contributed by atoms with Crippen LogP contribution in [0.4, 0.5) is 0 Å². The lowest BCUT2D eigenvalue weighted by Gasteiger charge is -2.24. The van der Waals surface area contributed by atoms with E-state index in [2.05, 4.69) is 25.9 Å². The Morgan fingerprint density at radius 1 is 1.06 bits per heavy atom. The topological polar surface area (TPSA) is 226 Å². The molecular formula is C20H35N7O6S. The minimum absolute atomic E-state index is 0.0218. The molecule has 0 aliphatic carbocycles. The smallest absolute Gasteiger partial charge is 0.326 e. The Hall–Kier alpha value is -2.68. The number of carboxylic acids is 1. The normalized spacial score (nSPS) is 14.5. The van der Waals surface area contributed by atoms with Crippen molar-refractivity contribution in [2.75, 3.05) is 25.2 Å². The summed E-state index contributed by atoms with van der Waals surface area (Å²) in [5, 5.41) is 26.3. The lowest BCUT2D eigenvalue weighted by atomic mass is 10.1. The van der Waals surface area contributed by atoms with Crippen LogP contribution in [0.3, 0.4) is 0 Å². The average Bonchev–Trinajstić information content (AvgIpc) is 3.32. The molecule has 1 rings (SSSR count). The second kappa shape index (κ2) is 16.0. The number of carboxylic acid groups (broad SMARTS) is 1. The summed E-state index contributed by atoms with van der Waals surface area (Å²) in [6.07, 6.45) is 6.36. The van der Waals surface area contributed by atoms with Gasteiger partial charge in [0.25, 0.3) is 0 Å². The van der Waals surface area contributed by atoms with E-state index in [0.717, 1.165) is 0 Å².